The van der Waals surface area contributed by atoms with E-state index < -0.39 is 0 Å². The van der Waals surface area contributed by atoms with E-state index in [1.165, 1.54) is 117 Å². The summed E-state index contributed by atoms with van der Waals surface area (Å²) in [5.41, 5.74) is 21.9. The molecule has 0 saturated heterocycles. The van der Waals surface area contributed by atoms with Gasteiger partial charge < -0.3 is 11.5 Å². The summed E-state index contributed by atoms with van der Waals surface area (Å²) in [6.45, 7) is 2.33. The third-order valence-corrected chi connectivity index (χ3v) is 11.7. The van der Waals surface area contributed by atoms with Gasteiger partial charge in [-0.15, -0.1) is 0 Å². The van der Waals surface area contributed by atoms with Gasteiger partial charge in [-0.05, 0) is 114 Å². The number of nitrogens with two attached hydrogens (primary N) is 2. The lowest BCUT2D eigenvalue weighted by Gasteiger charge is -2.42. The van der Waals surface area contributed by atoms with Crippen LogP contribution >= 0.6 is 0 Å². The molecule has 2 nitrogen and oxygen atoms in total. The van der Waals surface area contributed by atoms with Gasteiger partial charge in [0.1, 0.15) is 0 Å². The van der Waals surface area contributed by atoms with Crippen LogP contribution in [0.3, 0.4) is 0 Å². The average Bonchev–Trinajstić information content (AvgIpc) is 3.10. The Bertz CT molecular complexity index is 1380. The van der Waals surface area contributed by atoms with Gasteiger partial charge in [-0.2, -0.15) is 0 Å². The van der Waals surface area contributed by atoms with Crippen LogP contribution in [0.15, 0.2) is 97.1 Å². The zero-order valence-corrected chi connectivity index (χ0v) is 28.2. The van der Waals surface area contributed by atoms with Crippen molar-refractivity contribution in [1.29, 1.82) is 0 Å². The second-order valence-electron chi connectivity index (χ2n) is 14.9. The van der Waals surface area contributed by atoms with Crippen molar-refractivity contribution in [1.82, 2.24) is 0 Å². The smallest absolute Gasteiger partial charge is 0.0314 e. The van der Waals surface area contributed by atoms with Crippen LogP contribution in [0.5, 0.6) is 0 Å². The molecule has 0 amide bonds. The van der Waals surface area contributed by atoms with Crippen molar-refractivity contribution in [3.05, 3.63) is 130 Å². The summed E-state index contributed by atoms with van der Waals surface area (Å²) in [6.07, 6.45) is 20.1. The molecule has 0 radical (unpaired) electrons. The second kappa shape index (κ2) is 15.4. The van der Waals surface area contributed by atoms with E-state index in [4.69, 9.17) is 11.5 Å². The average molecular weight is 613 g/mol. The number of hydrogen-bond acceptors (Lipinski definition) is 2. The van der Waals surface area contributed by atoms with Crippen molar-refractivity contribution >= 4 is 11.4 Å². The minimum atomic E-state index is 0.0906. The maximum atomic E-state index is 5.93. The number of benzene rings is 4. The topological polar surface area (TPSA) is 52.0 Å². The van der Waals surface area contributed by atoms with Gasteiger partial charge in [0.15, 0.2) is 0 Å². The van der Waals surface area contributed by atoms with Crippen LogP contribution in [0.4, 0.5) is 11.4 Å². The highest BCUT2D eigenvalue weighted by molar-refractivity contribution is 5.45. The molecule has 4 N–H and O–H groups in total. The lowest BCUT2D eigenvalue weighted by atomic mass is 9.62. The predicted molar refractivity (Wildman–Crippen MR) is 197 cm³/mol. The molecule has 46 heavy (non-hydrogen) atoms. The summed E-state index contributed by atoms with van der Waals surface area (Å²) in [4.78, 5) is 0. The van der Waals surface area contributed by atoms with E-state index in [-0.39, 0.29) is 5.41 Å². The minimum Gasteiger partial charge on any atom is -0.399 e. The summed E-state index contributed by atoms with van der Waals surface area (Å²) in [6, 6.07) is 35.8. The van der Waals surface area contributed by atoms with Gasteiger partial charge in [0, 0.05) is 16.8 Å². The first kappa shape index (κ1) is 32.4. The van der Waals surface area contributed by atoms with E-state index in [1.54, 1.807) is 0 Å². The van der Waals surface area contributed by atoms with Crippen molar-refractivity contribution in [2.45, 2.75) is 109 Å². The molecule has 0 spiro atoms. The van der Waals surface area contributed by atoms with Crippen LogP contribution in [0.25, 0.3) is 0 Å². The van der Waals surface area contributed by atoms with Crippen molar-refractivity contribution in [2.75, 3.05) is 11.5 Å². The Kier molecular flexibility index (Phi) is 10.8. The second-order valence-corrected chi connectivity index (χ2v) is 14.9. The largest absolute Gasteiger partial charge is 0.399 e. The first-order valence-corrected chi connectivity index (χ1v) is 18.4. The summed E-state index contributed by atoms with van der Waals surface area (Å²) < 4.78 is 0. The highest BCUT2D eigenvalue weighted by Crippen LogP contribution is 2.48. The van der Waals surface area contributed by atoms with Gasteiger partial charge in [0.05, 0.1) is 0 Å². The third-order valence-electron chi connectivity index (χ3n) is 11.7. The van der Waals surface area contributed by atoms with Crippen LogP contribution in [-0.4, -0.2) is 0 Å². The van der Waals surface area contributed by atoms with Crippen molar-refractivity contribution in [3.8, 4) is 0 Å². The summed E-state index contributed by atoms with van der Waals surface area (Å²) in [5, 5.41) is 0. The maximum Gasteiger partial charge on any atom is 0.0314 e. The number of anilines is 2. The molecule has 0 heterocycles. The molecule has 4 aromatic carbocycles. The Morgan fingerprint density at radius 1 is 0.478 bits per heavy atom. The Morgan fingerprint density at radius 3 is 1.22 bits per heavy atom. The molecule has 0 atom stereocenters. The van der Waals surface area contributed by atoms with Gasteiger partial charge in [-0.3, -0.25) is 0 Å². The van der Waals surface area contributed by atoms with Gasteiger partial charge >= 0.3 is 0 Å². The maximum absolute atomic E-state index is 5.93. The van der Waals surface area contributed by atoms with E-state index in [0.717, 1.165) is 42.0 Å². The van der Waals surface area contributed by atoms with E-state index >= 15 is 0 Å². The molecule has 0 aliphatic heterocycles. The Labute approximate surface area is 279 Å². The van der Waals surface area contributed by atoms with Gasteiger partial charge in [-0.25, -0.2) is 0 Å². The SMILES string of the molecule is CCCCC1CCC(CCC2CCC(c3ccc(Cc4ccc(N)cc4)cc3)(c3ccc(Cc4ccc(N)cc4)cc3)CC2)CC1. The molecular formula is C44H56N2. The highest BCUT2D eigenvalue weighted by Gasteiger charge is 2.38. The number of unbranched alkanes of at least 4 members (excludes halogenated alkanes) is 1. The Morgan fingerprint density at radius 2 is 0.826 bits per heavy atom. The van der Waals surface area contributed by atoms with Gasteiger partial charge in [-0.1, -0.05) is 138 Å². The molecule has 0 unspecified atom stereocenters. The molecule has 242 valence electrons. The van der Waals surface area contributed by atoms with Crippen molar-refractivity contribution in [3.63, 3.8) is 0 Å². The fourth-order valence-corrected chi connectivity index (χ4v) is 8.60. The number of nitrogen functional groups attached to an aromatic ring is 2. The molecule has 6 rings (SSSR count). The fraction of sp³-hybridized carbons (Fsp3) is 0.455. The van der Waals surface area contributed by atoms with E-state index in [9.17, 15) is 0 Å². The standard InChI is InChI=1S/C44H56N2/c1-2-3-4-33-5-7-34(8-6-33)9-10-35-27-29-44(30-28-35,40-19-11-36(12-20-40)31-38-15-23-42(45)24-16-38)41-21-13-37(14-22-41)32-39-17-25-43(46)26-18-39/h11-26,33-35H,2-10,27-32,45-46H2,1H3. The molecule has 2 aliphatic rings. The normalized spacial score (nSPS) is 20.0. The molecule has 4 aromatic rings. The summed E-state index contributed by atoms with van der Waals surface area (Å²) in [7, 11) is 0. The Hall–Kier alpha value is -3.52. The predicted octanol–water partition coefficient (Wildman–Crippen LogP) is 11.3. The quantitative estimate of drug-likeness (QED) is 0.156. The molecular weight excluding hydrogens is 556 g/mol. The number of hydrogen-bond donors (Lipinski definition) is 2. The first-order chi connectivity index (χ1) is 22.5. The summed E-state index contributed by atoms with van der Waals surface area (Å²) in [5.74, 6) is 2.87. The molecule has 2 heteroatoms. The zero-order chi connectivity index (χ0) is 31.8. The van der Waals surface area contributed by atoms with Crippen molar-refractivity contribution in [2.24, 2.45) is 17.8 Å². The molecule has 0 aromatic heterocycles. The first-order valence-electron chi connectivity index (χ1n) is 18.4. The monoisotopic (exact) mass is 612 g/mol. The van der Waals surface area contributed by atoms with Crippen LogP contribution < -0.4 is 11.5 Å². The molecule has 0 bridgehead atoms. The lowest BCUT2D eigenvalue weighted by Crippen LogP contribution is -2.33. The highest BCUT2D eigenvalue weighted by atomic mass is 14.5. The van der Waals surface area contributed by atoms with E-state index in [0.29, 0.717) is 0 Å². The lowest BCUT2D eigenvalue weighted by molar-refractivity contribution is 0.209. The molecule has 2 saturated carbocycles. The van der Waals surface area contributed by atoms with Crippen LogP contribution in [0.2, 0.25) is 0 Å². The minimum absolute atomic E-state index is 0.0906. The molecule has 2 fully saturated rings. The summed E-state index contributed by atoms with van der Waals surface area (Å²) >= 11 is 0. The van der Waals surface area contributed by atoms with Gasteiger partial charge in [0.2, 0.25) is 0 Å². The zero-order valence-electron chi connectivity index (χ0n) is 28.2. The third kappa shape index (κ3) is 8.24. The van der Waals surface area contributed by atoms with Crippen LogP contribution in [-0.2, 0) is 18.3 Å². The van der Waals surface area contributed by atoms with E-state index in [1.807, 2.05) is 24.3 Å². The van der Waals surface area contributed by atoms with E-state index in [2.05, 4.69) is 79.7 Å². The van der Waals surface area contributed by atoms with Gasteiger partial charge in [0.25, 0.3) is 0 Å². The van der Waals surface area contributed by atoms with Crippen LogP contribution in [0, 0.1) is 17.8 Å². The van der Waals surface area contributed by atoms with Crippen LogP contribution in [0.1, 0.15) is 124 Å². The fourth-order valence-electron chi connectivity index (χ4n) is 8.60. The Balaban J connectivity index is 1.14. The number of rotatable bonds is 12. The van der Waals surface area contributed by atoms with Crippen molar-refractivity contribution < 1.29 is 0 Å². The molecule has 2 aliphatic carbocycles.